The number of hydrogen-bond donors (Lipinski definition) is 0. The summed E-state index contributed by atoms with van der Waals surface area (Å²) in [5.41, 5.74) is 3.27. The second kappa shape index (κ2) is 5.80. The van der Waals surface area contributed by atoms with E-state index in [-0.39, 0.29) is 5.97 Å². The fraction of sp³-hybridized carbons (Fsp3) is 0.235. The molecule has 0 heterocycles. The van der Waals surface area contributed by atoms with Crippen LogP contribution in [-0.4, -0.2) is 5.97 Å². The molecule has 0 atom stereocenters. The zero-order valence-corrected chi connectivity index (χ0v) is 12.7. The Labute approximate surface area is 126 Å². The van der Waals surface area contributed by atoms with Crippen LogP contribution < -0.4 is 4.74 Å². The number of ether oxygens (including phenoxy) is 1. The predicted octanol–water partition coefficient (Wildman–Crippen LogP) is 4.55. The van der Waals surface area contributed by atoms with Gasteiger partial charge < -0.3 is 4.74 Å². The van der Waals surface area contributed by atoms with Crippen LogP contribution in [0.2, 0.25) is 0 Å². The molecule has 2 aromatic carbocycles. The third kappa shape index (κ3) is 2.93. The fourth-order valence-corrected chi connectivity index (χ4v) is 2.79. The van der Waals surface area contributed by atoms with Gasteiger partial charge in [-0.25, -0.2) is 4.79 Å². The first-order valence-electron chi connectivity index (χ1n) is 6.82. The van der Waals surface area contributed by atoms with E-state index in [1.165, 1.54) is 24.0 Å². The standard InChI is InChI=1S/C17H15BrO2/c18-15-8-5-13(6-9-15)17(19)20-16-10-7-12-3-1-2-4-14(12)11-16/h5-11H,1-4H2. The molecule has 0 fully saturated rings. The zero-order valence-electron chi connectivity index (χ0n) is 11.1. The molecule has 102 valence electrons. The topological polar surface area (TPSA) is 26.3 Å². The lowest BCUT2D eigenvalue weighted by Gasteiger charge is -2.16. The van der Waals surface area contributed by atoms with Crippen molar-refractivity contribution in [3.63, 3.8) is 0 Å². The minimum absolute atomic E-state index is 0.312. The van der Waals surface area contributed by atoms with Gasteiger partial charge in [0.15, 0.2) is 0 Å². The van der Waals surface area contributed by atoms with Gasteiger partial charge in [-0.05, 0) is 73.2 Å². The highest BCUT2D eigenvalue weighted by Gasteiger charge is 2.12. The van der Waals surface area contributed by atoms with Gasteiger partial charge in [-0.3, -0.25) is 0 Å². The van der Waals surface area contributed by atoms with Gasteiger partial charge in [0, 0.05) is 4.47 Å². The monoisotopic (exact) mass is 330 g/mol. The number of fused-ring (bicyclic) bond motifs is 1. The molecule has 3 heteroatoms. The van der Waals surface area contributed by atoms with Crippen molar-refractivity contribution in [1.82, 2.24) is 0 Å². The van der Waals surface area contributed by atoms with Crippen LogP contribution in [0.3, 0.4) is 0 Å². The molecule has 3 rings (SSSR count). The summed E-state index contributed by atoms with van der Waals surface area (Å²) < 4.78 is 6.40. The van der Waals surface area contributed by atoms with Gasteiger partial charge in [0.2, 0.25) is 0 Å². The second-order valence-electron chi connectivity index (χ2n) is 5.03. The maximum absolute atomic E-state index is 12.1. The Hall–Kier alpha value is -1.61. The van der Waals surface area contributed by atoms with Gasteiger partial charge in [0.25, 0.3) is 0 Å². The van der Waals surface area contributed by atoms with E-state index in [0.29, 0.717) is 11.3 Å². The molecular formula is C17H15BrO2. The van der Waals surface area contributed by atoms with Gasteiger partial charge in [-0.1, -0.05) is 22.0 Å². The summed E-state index contributed by atoms with van der Waals surface area (Å²) in [5, 5.41) is 0. The average molecular weight is 331 g/mol. The van der Waals surface area contributed by atoms with Crippen LogP contribution in [0, 0.1) is 0 Å². The molecule has 0 spiro atoms. The van der Waals surface area contributed by atoms with Crippen molar-refractivity contribution < 1.29 is 9.53 Å². The van der Waals surface area contributed by atoms with E-state index in [0.717, 1.165) is 17.3 Å². The molecule has 0 bridgehead atoms. The highest BCUT2D eigenvalue weighted by Crippen LogP contribution is 2.25. The molecule has 0 aromatic heterocycles. The summed E-state index contributed by atoms with van der Waals surface area (Å²) in [6.07, 6.45) is 4.69. The van der Waals surface area contributed by atoms with Crippen molar-refractivity contribution in [1.29, 1.82) is 0 Å². The summed E-state index contributed by atoms with van der Waals surface area (Å²) in [4.78, 5) is 12.1. The van der Waals surface area contributed by atoms with Crippen LogP contribution in [0.5, 0.6) is 5.75 Å². The minimum atomic E-state index is -0.312. The van der Waals surface area contributed by atoms with Crippen molar-refractivity contribution in [2.75, 3.05) is 0 Å². The first-order chi connectivity index (χ1) is 9.72. The fourth-order valence-electron chi connectivity index (χ4n) is 2.53. The quantitative estimate of drug-likeness (QED) is 0.596. The van der Waals surface area contributed by atoms with Crippen molar-refractivity contribution >= 4 is 21.9 Å². The van der Waals surface area contributed by atoms with Crippen LogP contribution >= 0.6 is 15.9 Å². The number of hydrogen-bond acceptors (Lipinski definition) is 2. The average Bonchev–Trinajstić information content (AvgIpc) is 2.48. The SMILES string of the molecule is O=C(Oc1ccc2c(c1)CCCC2)c1ccc(Br)cc1. The molecule has 1 aliphatic carbocycles. The molecule has 1 aliphatic rings. The number of halogens is 1. The highest BCUT2D eigenvalue weighted by molar-refractivity contribution is 9.10. The van der Waals surface area contributed by atoms with Gasteiger partial charge >= 0.3 is 5.97 Å². The number of carbonyl (C=O) groups is 1. The zero-order chi connectivity index (χ0) is 13.9. The second-order valence-corrected chi connectivity index (χ2v) is 5.95. The largest absolute Gasteiger partial charge is 0.423 e. The van der Waals surface area contributed by atoms with E-state index in [2.05, 4.69) is 22.0 Å². The van der Waals surface area contributed by atoms with E-state index in [1.807, 2.05) is 24.3 Å². The molecule has 0 radical (unpaired) electrons. The van der Waals surface area contributed by atoms with E-state index >= 15 is 0 Å². The third-order valence-corrected chi connectivity index (χ3v) is 4.14. The van der Waals surface area contributed by atoms with E-state index in [9.17, 15) is 4.79 Å². The molecule has 0 aliphatic heterocycles. The molecule has 0 saturated carbocycles. The number of benzene rings is 2. The van der Waals surface area contributed by atoms with Crippen molar-refractivity contribution in [3.05, 3.63) is 63.6 Å². The summed E-state index contributed by atoms with van der Waals surface area (Å²) in [6, 6.07) is 13.2. The minimum Gasteiger partial charge on any atom is -0.423 e. The predicted molar refractivity (Wildman–Crippen MR) is 82.2 cm³/mol. The number of rotatable bonds is 2. The third-order valence-electron chi connectivity index (χ3n) is 3.61. The first-order valence-corrected chi connectivity index (χ1v) is 7.61. The lowest BCUT2D eigenvalue weighted by molar-refractivity contribution is 0.0734. The molecule has 0 N–H and O–H groups in total. The number of carbonyl (C=O) groups excluding carboxylic acids is 1. The van der Waals surface area contributed by atoms with Crippen LogP contribution in [0.15, 0.2) is 46.9 Å². The molecular weight excluding hydrogens is 316 g/mol. The Kier molecular flexibility index (Phi) is 3.88. The maximum Gasteiger partial charge on any atom is 0.343 e. The molecule has 2 nitrogen and oxygen atoms in total. The van der Waals surface area contributed by atoms with Gasteiger partial charge in [-0.15, -0.1) is 0 Å². The normalized spacial score (nSPS) is 13.7. The summed E-state index contributed by atoms with van der Waals surface area (Å²) in [6.45, 7) is 0. The molecule has 0 amide bonds. The van der Waals surface area contributed by atoms with E-state index in [1.54, 1.807) is 12.1 Å². The van der Waals surface area contributed by atoms with Gasteiger partial charge in [-0.2, -0.15) is 0 Å². The summed E-state index contributed by atoms with van der Waals surface area (Å²) >= 11 is 3.35. The van der Waals surface area contributed by atoms with Crippen LogP contribution in [0.1, 0.15) is 34.3 Å². The molecule has 2 aromatic rings. The summed E-state index contributed by atoms with van der Waals surface area (Å²) in [5.74, 6) is 0.326. The van der Waals surface area contributed by atoms with E-state index in [4.69, 9.17) is 4.74 Å². The van der Waals surface area contributed by atoms with Crippen molar-refractivity contribution in [2.45, 2.75) is 25.7 Å². The van der Waals surface area contributed by atoms with E-state index < -0.39 is 0 Å². The first kappa shape index (κ1) is 13.4. The Morgan fingerprint density at radius 1 is 0.950 bits per heavy atom. The van der Waals surface area contributed by atoms with Crippen LogP contribution in [-0.2, 0) is 12.8 Å². The molecule has 20 heavy (non-hydrogen) atoms. The van der Waals surface area contributed by atoms with Crippen molar-refractivity contribution in [2.24, 2.45) is 0 Å². The van der Waals surface area contributed by atoms with Gasteiger partial charge in [0.1, 0.15) is 5.75 Å². The Morgan fingerprint density at radius 2 is 1.65 bits per heavy atom. The Bertz CT molecular complexity index is 632. The van der Waals surface area contributed by atoms with Crippen LogP contribution in [0.25, 0.3) is 0 Å². The molecule has 0 unspecified atom stereocenters. The maximum atomic E-state index is 12.1. The van der Waals surface area contributed by atoms with Crippen LogP contribution in [0.4, 0.5) is 0 Å². The lowest BCUT2D eigenvalue weighted by Crippen LogP contribution is -2.09. The highest BCUT2D eigenvalue weighted by atomic mass is 79.9. The lowest BCUT2D eigenvalue weighted by atomic mass is 9.92. The number of aryl methyl sites for hydroxylation is 2. The number of esters is 1. The Balaban J connectivity index is 1.77. The van der Waals surface area contributed by atoms with Gasteiger partial charge in [0.05, 0.1) is 5.56 Å². The molecule has 0 saturated heterocycles. The smallest absolute Gasteiger partial charge is 0.343 e. The summed E-state index contributed by atoms with van der Waals surface area (Å²) in [7, 11) is 0. The van der Waals surface area contributed by atoms with Crippen molar-refractivity contribution in [3.8, 4) is 5.75 Å². The Morgan fingerprint density at radius 3 is 2.40 bits per heavy atom.